The number of rotatable bonds is 1. The second-order valence-electron chi connectivity index (χ2n) is 7.94. The summed E-state index contributed by atoms with van der Waals surface area (Å²) in [6.07, 6.45) is 4.71. The second kappa shape index (κ2) is 22.8. The van der Waals surface area contributed by atoms with Gasteiger partial charge in [0.1, 0.15) is 0 Å². The molecule has 2 heterocycles. The van der Waals surface area contributed by atoms with Gasteiger partial charge in [-0.15, -0.1) is 0 Å². The standard InChI is InChI=1S/C20H46N8.2Ni/c1-5-21-13-15-23-7-3-11-27-19(17-25-9-1)20-18-26-10-2-6-22-14-16-24-8-4-12-28-20;;/h19-28H,1-18H2;;/q;2*+2. The van der Waals surface area contributed by atoms with Crippen LogP contribution in [-0.2, 0) is 33.0 Å². The third-order valence-electron chi connectivity index (χ3n) is 5.46. The van der Waals surface area contributed by atoms with Gasteiger partial charge in [0, 0.05) is 51.4 Å². The third kappa shape index (κ3) is 16.3. The molecule has 8 N–H and O–H groups in total. The molecule has 8 nitrogen and oxygen atoms in total. The summed E-state index contributed by atoms with van der Waals surface area (Å²) in [4.78, 5) is 0. The Bertz CT molecular complexity index is 295. The summed E-state index contributed by atoms with van der Waals surface area (Å²) in [6, 6.07) is 0.893. The Morgan fingerprint density at radius 1 is 0.333 bits per heavy atom. The Balaban J connectivity index is 0.00000420. The SMILES string of the molecule is C1CNCCNCCCNC(C2CNCCCNCCNCCCN2)CNC1.[Ni+2].[Ni+2]. The van der Waals surface area contributed by atoms with E-state index >= 15 is 0 Å². The van der Waals surface area contributed by atoms with E-state index in [9.17, 15) is 0 Å². The molecule has 2 atom stereocenters. The largest absolute Gasteiger partial charge is 2.00 e. The van der Waals surface area contributed by atoms with E-state index in [1.165, 1.54) is 25.7 Å². The van der Waals surface area contributed by atoms with E-state index in [1.54, 1.807) is 0 Å². The van der Waals surface area contributed by atoms with Crippen LogP contribution in [-0.4, -0.2) is 104 Å². The molecule has 0 spiro atoms. The molecule has 30 heavy (non-hydrogen) atoms. The molecule has 0 aromatic carbocycles. The van der Waals surface area contributed by atoms with Gasteiger partial charge in [-0.05, 0) is 78.0 Å². The van der Waals surface area contributed by atoms with Crippen LogP contribution in [0.1, 0.15) is 25.7 Å². The molecule has 2 fully saturated rings. The van der Waals surface area contributed by atoms with Crippen molar-refractivity contribution >= 4 is 0 Å². The molecule has 0 aliphatic carbocycles. The minimum Gasteiger partial charge on any atom is -0.315 e. The Labute approximate surface area is 204 Å². The van der Waals surface area contributed by atoms with Crippen molar-refractivity contribution in [2.45, 2.75) is 37.8 Å². The number of nitrogens with one attached hydrogen (secondary N) is 8. The van der Waals surface area contributed by atoms with Gasteiger partial charge in [-0.3, -0.25) is 0 Å². The zero-order chi connectivity index (χ0) is 19.5. The molecule has 10 heteroatoms. The first-order valence-electron chi connectivity index (χ1n) is 11.7. The first-order valence-corrected chi connectivity index (χ1v) is 11.7. The Morgan fingerprint density at radius 2 is 0.633 bits per heavy atom. The van der Waals surface area contributed by atoms with Gasteiger partial charge in [-0.1, -0.05) is 0 Å². The minimum atomic E-state index is 0. The predicted octanol–water partition coefficient (Wildman–Crippen LogP) is -1.98. The van der Waals surface area contributed by atoms with E-state index < -0.39 is 0 Å². The zero-order valence-electron chi connectivity index (χ0n) is 18.5. The summed E-state index contributed by atoms with van der Waals surface area (Å²) in [5.41, 5.74) is 0. The van der Waals surface area contributed by atoms with Crippen molar-refractivity contribution < 1.29 is 33.0 Å². The molecule has 0 radical (unpaired) electrons. The molecule has 0 amide bonds. The Morgan fingerprint density at radius 3 is 1.00 bits per heavy atom. The minimum absolute atomic E-state index is 0. The van der Waals surface area contributed by atoms with Crippen molar-refractivity contribution in [3.05, 3.63) is 0 Å². The monoisotopic (exact) mass is 514 g/mol. The topological polar surface area (TPSA) is 96.2 Å². The van der Waals surface area contributed by atoms with Crippen molar-refractivity contribution in [1.82, 2.24) is 42.5 Å². The molecule has 0 bridgehead atoms. The van der Waals surface area contributed by atoms with Crippen LogP contribution in [0.3, 0.4) is 0 Å². The van der Waals surface area contributed by atoms with Gasteiger partial charge in [0.25, 0.3) is 0 Å². The number of hydrogen-bond donors (Lipinski definition) is 8. The molecule has 182 valence electrons. The quantitative estimate of drug-likeness (QED) is 0.191. The van der Waals surface area contributed by atoms with Gasteiger partial charge in [-0.2, -0.15) is 0 Å². The van der Waals surface area contributed by atoms with Gasteiger partial charge in [0.05, 0.1) is 0 Å². The van der Waals surface area contributed by atoms with E-state index in [0.717, 1.165) is 91.6 Å². The van der Waals surface area contributed by atoms with E-state index in [-0.39, 0.29) is 33.0 Å². The smallest absolute Gasteiger partial charge is 0.315 e. The van der Waals surface area contributed by atoms with Crippen LogP contribution in [0.2, 0.25) is 0 Å². The predicted molar refractivity (Wildman–Crippen MR) is 119 cm³/mol. The third-order valence-corrected chi connectivity index (χ3v) is 5.46. The fraction of sp³-hybridized carbons (Fsp3) is 1.00. The van der Waals surface area contributed by atoms with Gasteiger partial charge < -0.3 is 42.5 Å². The van der Waals surface area contributed by atoms with Crippen molar-refractivity contribution in [1.29, 1.82) is 0 Å². The van der Waals surface area contributed by atoms with Crippen LogP contribution >= 0.6 is 0 Å². The van der Waals surface area contributed by atoms with Crippen LogP contribution in [0.4, 0.5) is 0 Å². The maximum Gasteiger partial charge on any atom is 2.00 e. The van der Waals surface area contributed by atoms with Crippen molar-refractivity contribution in [2.75, 3.05) is 91.6 Å². The molecule has 0 saturated carbocycles. The molecule has 0 aromatic rings. The summed E-state index contributed by atoms with van der Waals surface area (Å²) >= 11 is 0. The van der Waals surface area contributed by atoms with E-state index in [4.69, 9.17) is 0 Å². The van der Waals surface area contributed by atoms with Crippen LogP contribution < -0.4 is 42.5 Å². The van der Waals surface area contributed by atoms with Crippen molar-refractivity contribution in [3.63, 3.8) is 0 Å². The molecule has 2 aliphatic rings. The number of hydrogen-bond acceptors (Lipinski definition) is 8. The van der Waals surface area contributed by atoms with Gasteiger partial charge in [-0.25, -0.2) is 0 Å². The molecular formula is C20H46N8Ni2+4. The first kappa shape index (κ1) is 30.7. The molecular weight excluding hydrogens is 470 g/mol. The Kier molecular flexibility index (Phi) is 23.4. The van der Waals surface area contributed by atoms with Gasteiger partial charge >= 0.3 is 33.0 Å². The van der Waals surface area contributed by atoms with Crippen molar-refractivity contribution in [2.24, 2.45) is 0 Å². The van der Waals surface area contributed by atoms with E-state index in [0.29, 0.717) is 12.1 Å². The average molecular weight is 516 g/mol. The fourth-order valence-corrected chi connectivity index (χ4v) is 3.76. The van der Waals surface area contributed by atoms with E-state index in [2.05, 4.69) is 42.5 Å². The van der Waals surface area contributed by atoms with Crippen LogP contribution in [0.5, 0.6) is 0 Å². The first-order chi connectivity index (χ1) is 14.0. The maximum absolute atomic E-state index is 3.83. The summed E-state index contributed by atoms with van der Waals surface area (Å²) in [7, 11) is 0. The normalized spacial score (nSPS) is 28.0. The molecule has 2 unspecified atom stereocenters. The van der Waals surface area contributed by atoms with Crippen LogP contribution in [0.15, 0.2) is 0 Å². The van der Waals surface area contributed by atoms with Gasteiger partial charge in [0.2, 0.25) is 0 Å². The fourth-order valence-electron chi connectivity index (χ4n) is 3.76. The zero-order valence-corrected chi connectivity index (χ0v) is 20.5. The van der Waals surface area contributed by atoms with Crippen LogP contribution in [0, 0.1) is 0 Å². The molecule has 0 aromatic heterocycles. The molecule has 2 saturated heterocycles. The summed E-state index contributed by atoms with van der Waals surface area (Å²) in [5, 5.41) is 29.1. The van der Waals surface area contributed by atoms with E-state index in [1.807, 2.05) is 0 Å². The van der Waals surface area contributed by atoms with Crippen LogP contribution in [0.25, 0.3) is 0 Å². The molecule has 2 aliphatic heterocycles. The summed E-state index contributed by atoms with van der Waals surface area (Å²) in [6.45, 7) is 15.0. The molecule has 2 rings (SSSR count). The average Bonchev–Trinajstić information content (AvgIpc) is 2.71. The maximum atomic E-state index is 3.83. The summed E-state index contributed by atoms with van der Waals surface area (Å²) < 4.78 is 0. The summed E-state index contributed by atoms with van der Waals surface area (Å²) in [5.74, 6) is 0. The Hall–Kier alpha value is 0.667. The van der Waals surface area contributed by atoms with Gasteiger partial charge in [0.15, 0.2) is 0 Å². The van der Waals surface area contributed by atoms with Crippen molar-refractivity contribution in [3.8, 4) is 0 Å². The second-order valence-corrected chi connectivity index (χ2v) is 7.94.